The average molecular weight is 366 g/mol. The quantitative estimate of drug-likeness (QED) is 0.874. The van der Waals surface area contributed by atoms with E-state index in [1.807, 2.05) is 11.0 Å². The Hall–Kier alpha value is -2.02. The normalized spacial score (nSPS) is 18.1. The maximum atomic E-state index is 13.8. The van der Waals surface area contributed by atoms with Gasteiger partial charge in [-0.05, 0) is 35.9 Å². The van der Waals surface area contributed by atoms with Crippen LogP contribution in [0.25, 0.3) is 0 Å². The molecule has 0 saturated carbocycles. The van der Waals surface area contributed by atoms with E-state index in [0.29, 0.717) is 18.1 Å². The highest BCUT2D eigenvalue weighted by molar-refractivity contribution is 6.30. The van der Waals surface area contributed by atoms with Crippen molar-refractivity contribution in [3.05, 3.63) is 64.7 Å². The van der Waals surface area contributed by atoms with Gasteiger partial charge in [0, 0.05) is 30.7 Å². The minimum absolute atomic E-state index is 0.0509. The molecular formula is C18H18ClF2N3O. The van der Waals surface area contributed by atoms with Gasteiger partial charge in [0.2, 0.25) is 5.91 Å². The van der Waals surface area contributed by atoms with Crippen LogP contribution in [0.2, 0.25) is 5.02 Å². The molecule has 1 aliphatic heterocycles. The first-order chi connectivity index (χ1) is 12.0. The van der Waals surface area contributed by atoms with Crippen LogP contribution < -0.4 is 10.6 Å². The number of rotatable bonds is 4. The molecule has 2 aromatic rings. The van der Waals surface area contributed by atoms with Gasteiger partial charge < -0.3 is 10.6 Å². The van der Waals surface area contributed by atoms with Crippen molar-refractivity contribution in [3.63, 3.8) is 0 Å². The topological polar surface area (TPSA) is 44.4 Å². The number of halogens is 3. The van der Waals surface area contributed by atoms with Gasteiger partial charge in [0.15, 0.2) is 0 Å². The Kier molecular flexibility index (Phi) is 5.63. The van der Waals surface area contributed by atoms with E-state index in [0.717, 1.165) is 12.1 Å². The van der Waals surface area contributed by atoms with Gasteiger partial charge in [0.25, 0.3) is 0 Å². The van der Waals surface area contributed by atoms with Crippen LogP contribution >= 0.6 is 11.6 Å². The largest absolute Gasteiger partial charge is 0.322 e. The third-order valence-corrected chi connectivity index (χ3v) is 4.37. The molecule has 4 nitrogen and oxygen atoms in total. The van der Waals surface area contributed by atoms with Crippen molar-refractivity contribution in [1.29, 1.82) is 0 Å². The van der Waals surface area contributed by atoms with Gasteiger partial charge in [-0.1, -0.05) is 23.7 Å². The van der Waals surface area contributed by atoms with Crippen molar-refractivity contribution < 1.29 is 13.6 Å². The molecule has 3 rings (SSSR count). The van der Waals surface area contributed by atoms with Gasteiger partial charge in [-0.15, -0.1) is 0 Å². The number of carbonyl (C=O) groups excluding carboxylic acids is 1. The third-order valence-electron chi connectivity index (χ3n) is 4.14. The van der Waals surface area contributed by atoms with Crippen LogP contribution in [0.5, 0.6) is 0 Å². The third kappa shape index (κ3) is 4.54. The molecule has 1 fully saturated rings. The Morgan fingerprint density at radius 3 is 2.92 bits per heavy atom. The molecule has 0 radical (unpaired) electrons. The summed E-state index contributed by atoms with van der Waals surface area (Å²) in [5.41, 5.74) is 0.851. The second kappa shape index (κ2) is 7.91. The van der Waals surface area contributed by atoms with Gasteiger partial charge in [-0.3, -0.25) is 9.69 Å². The second-order valence-electron chi connectivity index (χ2n) is 5.92. The van der Waals surface area contributed by atoms with Crippen LogP contribution in [-0.2, 0) is 4.79 Å². The molecule has 1 aliphatic rings. The van der Waals surface area contributed by atoms with Gasteiger partial charge in [0.1, 0.15) is 11.6 Å². The number of piperazine rings is 1. The molecule has 7 heteroatoms. The number of benzene rings is 2. The van der Waals surface area contributed by atoms with Crippen molar-refractivity contribution >= 4 is 23.2 Å². The number of nitrogens with one attached hydrogen (secondary N) is 2. The van der Waals surface area contributed by atoms with Crippen LogP contribution in [-0.4, -0.2) is 37.0 Å². The molecule has 2 N–H and O–H groups in total. The fourth-order valence-electron chi connectivity index (χ4n) is 2.95. The lowest BCUT2D eigenvalue weighted by atomic mass is 10.0. The number of amides is 1. The highest BCUT2D eigenvalue weighted by atomic mass is 35.5. The van der Waals surface area contributed by atoms with E-state index in [4.69, 9.17) is 11.6 Å². The van der Waals surface area contributed by atoms with E-state index in [-0.39, 0.29) is 30.0 Å². The van der Waals surface area contributed by atoms with Gasteiger partial charge in [-0.25, -0.2) is 8.78 Å². The Morgan fingerprint density at radius 2 is 2.12 bits per heavy atom. The first kappa shape index (κ1) is 17.8. The summed E-state index contributed by atoms with van der Waals surface area (Å²) >= 11 is 5.84. The zero-order chi connectivity index (χ0) is 17.8. The maximum absolute atomic E-state index is 13.8. The van der Waals surface area contributed by atoms with E-state index in [9.17, 15) is 13.6 Å². The molecule has 132 valence electrons. The highest BCUT2D eigenvalue weighted by Crippen LogP contribution is 2.23. The molecular weight excluding hydrogens is 348 g/mol. The number of nitrogens with zero attached hydrogens (tertiary/aromatic N) is 1. The monoisotopic (exact) mass is 365 g/mol. The molecule has 0 bridgehead atoms. The summed E-state index contributed by atoms with van der Waals surface area (Å²) in [6.45, 7) is 2.05. The zero-order valence-corrected chi connectivity index (χ0v) is 14.2. The lowest BCUT2D eigenvalue weighted by Crippen LogP contribution is -2.48. The van der Waals surface area contributed by atoms with Crippen LogP contribution in [0, 0.1) is 11.6 Å². The zero-order valence-electron chi connectivity index (χ0n) is 13.4. The minimum atomic E-state index is -0.542. The van der Waals surface area contributed by atoms with E-state index in [1.54, 1.807) is 6.07 Å². The summed E-state index contributed by atoms with van der Waals surface area (Å²) in [7, 11) is 0. The first-order valence-corrected chi connectivity index (χ1v) is 8.36. The molecule has 0 spiro atoms. The summed E-state index contributed by atoms with van der Waals surface area (Å²) in [5, 5.41) is 6.14. The van der Waals surface area contributed by atoms with Crippen molar-refractivity contribution in [2.45, 2.75) is 6.04 Å². The number of anilines is 1. The van der Waals surface area contributed by atoms with Crippen molar-refractivity contribution in [2.75, 3.05) is 31.5 Å². The molecule has 1 heterocycles. The molecule has 2 aromatic carbocycles. The van der Waals surface area contributed by atoms with Crippen molar-refractivity contribution in [2.24, 2.45) is 0 Å². The Balaban J connectivity index is 1.71. The molecule has 1 amide bonds. The summed E-state index contributed by atoms with van der Waals surface area (Å²) in [6, 6.07) is 10.2. The van der Waals surface area contributed by atoms with Crippen LogP contribution in [0.3, 0.4) is 0 Å². The van der Waals surface area contributed by atoms with Crippen LogP contribution in [0.15, 0.2) is 42.5 Å². The SMILES string of the molecule is O=C(CN1CCNCC1c1cccc(F)c1)Nc1cc(Cl)ccc1F. The molecule has 0 aliphatic carbocycles. The molecule has 25 heavy (non-hydrogen) atoms. The molecule has 1 saturated heterocycles. The number of hydrogen-bond donors (Lipinski definition) is 2. The predicted octanol–water partition coefficient (Wildman–Crippen LogP) is 3.20. The summed E-state index contributed by atoms with van der Waals surface area (Å²) < 4.78 is 27.3. The van der Waals surface area contributed by atoms with Crippen LogP contribution in [0.4, 0.5) is 14.5 Å². The first-order valence-electron chi connectivity index (χ1n) is 7.98. The lowest BCUT2D eigenvalue weighted by molar-refractivity contribution is -0.118. The van der Waals surface area contributed by atoms with E-state index in [2.05, 4.69) is 10.6 Å². The summed E-state index contributed by atoms with van der Waals surface area (Å²) in [4.78, 5) is 14.3. The van der Waals surface area contributed by atoms with E-state index in [1.165, 1.54) is 30.3 Å². The molecule has 0 aromatic heterocycles. The predicted molar refractivity (Wildman–Crippen MR) is 93.6 cm³/mol. The fraction of sp³-hybridized carbons (Fsp3) is 0.278. The van der Waals surface area contributed by atoms with E-state index >= 15 is 0 Å². The Labute approximate surface area is 149 Å². The van der Waals surface area contributed by atoms with Gasteiger partial charge in [-0.2, -0.15) is 0 Å². The molecule has 1 unspecified atom stereocenters. The standard InChI is InChI=1S/C18H18ClF2N3O/c19-13-4-5-15(21)16(9-13)23-18(25)11-24-7-6-22-10-17(24)12-2-1-3-14(20)8-12/h1-5,8-9,17,22H,6-7,10-11H2,(H,23,25). The Bertz CT molecular complexity index is 772. The van der Waals surface area contributed by atoms with Gasteiger partial charge in [0.05, 0.1) is 12.2 Å². The van der Waals surface area contributed by atoms with Gasteiger partial charge >= 0.3 is 0 Å². The number of carbonyl (C=O) groups is 1. The Morgan fingerprint density at radius 1 is 1.28 bits per heavy atom. The second-order valence-corrected chi connectivity index (χ2v) is 6.35. The average Bonchev–Trinajstić information content (AvgIpc) is 2.58. The van der Waals surface area contributed by atoms with Crippen LogP contribution in [0.1, 0.15) is 11.6 Å². The number of hydrogen-bond acceptors (Lipinski definition) is 3. The van der Waals surface area contributed by atoms with Crippen molar-refractivity contribution in [3.8, 4) is 0 Å². The highest BCUT2D eigenvalue weighted by Gasteiger charge is 2.26. The summed E-state index contributed by atoms with van der Waals surface area (Å²) in [6.07, 6.45) is 0. The van der Waals surface area contributed by atoms with E-state index < -0.39 is 5.82 Å². The smallest absolute Gasteiger partial charge is 0.238 e. The summed E-state index contributed by atoms with van der Waals surface area (Å²) in [5.74, 6) is -1.20. The lowest BCUT2D eigenvalue weighted by Gasteiger charge is -2.36. The van der Waals surface area contributed by atoms with Crippen molar-refractivity contribution in [1.82, 2.24) is 10.2 Å². The molecule has 1 atom stereocenters. The maximum Gasteiger partial charge on any atom is 0.238 e. The fourth-order valence-corrected chi connectivity index (χ4v) is 3.12. The minimum Gasteiger partial charge on any atom is -0.322 e.